The van der Waals surface area contributed by atoms with Crippen LogP contribution < -0.4 is 20.4 Å². The molecule has 3 fully saturated rings. The number of imide groups is 2. The van der Waals surface area contributed by atoms with Crippen LogP contribution in [0.3, 0.4) is 0 Å². The third-order valence-corrected chi connectivity index (χ3v) is 10.1. The van der Waals surface area contributed by atoms with E-state index in [0.717, 1.165) is 18.0 Å². The maximum absolute atomic E-state index is 16.2. The summed E-state index contributed by atoms with van der Waals surface area (Å²) in [6.45, 7) is 3.77. The first-order valence-corrected chi connectivity index (χ1v) is 15.3. The summed E-state index contributed by atoms with van der Waals surface area (Å²) in [5, 5.41) is 18.8. The number of sulfone groups is 1. The van der Waals surface area contributed by atoms with Crippen molar-refractivity contribution in [1.82, 2.24) is 15.8 Å². The van der Waals surface area contributed by atoms with E-state index in [1.165, 1.54) is 4.90 Å². The summed E-state index contributed by atoms with van der Waals surface area (Å²) in [7, 11) is -3.31. The zero-order chi connectivity index (χ0) is 28.0. The van der Waals surface area contributed by atoms with Gasteiger partial charge in [-0.05, 0) is 25.5 Å². The first-order chi connectivity index (χ1) is 18.3. The molecule has 0 bridgehead atoms. The normalized spacial score (nSPS) is 30.4. The minimum atomic E-state index is -3.31. The Balaban J connectivity index is 1.49. The standard InChI is InChI=1S/C23H26FN5O8S2/c1-9-6-28-15-11(5-23(17(28)10(2)36-9)19(30)25-21(32)26-20(23)31)4-13-16(14(15)24)37-27-18(13)29-7-12(38-22(29)33)8-39(3,34)35/h4,9-10,12,17,22,33H,5-8H2,1-3H3,(H2,25,26,30,31,32)/t9-,10+,12-,17-,22?/m1/s1. The lowest BCUT2D eigenvalue weighted by Crippen LogP contribution is -2.75. The predicted molar refractivity (Wildman–Crippen MR) is 137 cm³/mol. The number of anilines is 2. The first kappa shape index (κ1) is 26.3. The van der Waals surface area contributed by atoms with E-state index in [2.05, 4.69) is 15.8 Å². The second-order valence-corrected chi connectivity index (χ2v) is 14.1. The van der Waals surface area contributed by atoms with Gasteiger partial charge in [0.1, 0.15) is 9.84 Å². The van der Waals surface area contributed by atoms with Gasteiger partial charge < -0.3 is 24.2 Å². The van der Waals surface area contributed by atoms with Crippen LogP contribution in [0.2, 0.25) is 0 Å². The van der Waals surface area contributed by atoms with Crippen LogP contribution in [0.4, 0.5) is 20.7 Å². The van der Waals surface area contributed by atoms with Crippen LogP contribution in [0.1, 0.15) is 19.4 Å². The van der Waals surface area contributed by atoms with Crippen molar-refractivity contribution in [2.45, 2.75) is 49.3 Å². The summed E-state index contributed by atoms with van der Waals surface area (Å²) in [4.78, 5) is 41.7. The monoisotopic (exact) mass is 583 g/mol. The smallest absolute Gasteiger partial charge is 0.328 e. The lowest BCUT2D eigenvalue weighted by molar-refractivity contribution is -0.153. The number of thioether (sulfide) groups is 1. The second-order valence-electron chi connectivity index (χ2n) is 10.5. The molecular formula is C23H26FN5O8S2. The molecule has 210 valence electrons. The van der Waals surface area contributed by atoms with E-state index in [0.29, 0.717) is 5.56 Å². The number of nitrogens with zero attached hydrogens (tertiary/aromatic N) is 3. The van der Waals surface area contributed by atoms with E-state index in [1.54, 1.807) is 24.8 Å². The van der Waals surface area contributed by atoms with Gasteiger partial charge in [-0.15, -0.1) is 11.8 Å². The number of aromatic nitrogens is 1. The molecule has 3 saturated heterocycles. The van der Waals surface area contributed by atoms with Crippen molar-refractivity contribution >= 4 is 61.9 Å². The van der Waals surface area contributed by atoms with Crippen molar-refractivity contribution in [1.29, 1.82) is 0 Å². The Labute approximate surface area is 226 Å². The number of carbonyl (C=O) groups excluding carboxylic acids is 3. The molecule has 4 aliphatic rings. The molecule has 3 N–H and O–H groups in total. The highest BCUT2D eigenvalue weighted by molar-refractivity contribution is 8.02. The van der Waals surface area contributed by atoms with Gasteiger partial charge in [-0.3, -0.25) is 20.2 Å². The highest BCUT2D eigenvalue weighted by Crippen LogP contribution is 2.50. The van der Waals surface area contributed by atoms with Crippen LogP contribution in [0.25, 0.3) is 11.0 Å². The van der Waals surface area contributed by atoms with E-state index in [9.17, 15) is 27.9 Å². The predicted octanol–water partition coefficient (Wildman–Crippen LogP) is 0.0999. The van der Waals surface area contributed by atoms with Crippen LogP contribution in [0.5, 0.6) is 0 Å². The fourth-order valence-electron chi connectivity index (χ4n) is 6.36. The third-order valence-electron chi connectivity index (χ3n) is 7.69. The molecule has 4 amide bonds. The number of fused-ring (bicyclic) bond motifs is 5. The van der Waals surface area contributed by atoms with Gasteiger partial charge in [-0.1, -0.05) is 5.16 Å². The fraction of sp³-hybridized carbons (Fsp3) is 0.565. The Morgan fingerprint density at radius 1 is 1.21 bits per heavy atom. The van der Waals surface area contributed by atoms with E-state index >= 15 is 4.39 Å². The Bertz CT molecular complexity index is 1510. The van der Waals surface area contributed by atoms with E-state index in [-0.39, 0.29) is 53.8 Å². The number of amides is 4. The average Bonchev–Trinajstić information content (AvgIpc) is 3.38. The van der Waals surface area contributed by atoms with Crippen LogP contribution in [-0.4, -0.2) is 90.7 Å². The Morgan fingerprint density at radius 2 is 1.90 bits per heavy atom. The van der Waals surface area contributed by atoms with Crippen molar-refractivity contribution in [3.8, 4) is 0 Å². The van der Waals surface area contributed by atoms with Gasteiger partial charge in [0.15, 0.2) is 22.6 Å². The molecule has 39 heavy (non-hydrogen) atoms. The number of ether oxygens (including phenoxy) is 1. The highest BCUT2D eigenvalue weighted by Gasteiger charge is 2.63. The number of carbonyl (C=O) groups is 3. The SMILES string of the molecule is C[C@@H]1CN2c3c(cc4c(N5C[C@H](CS(C)(=O)=O)SC5O)noc4c3F)CC3(C(=O)NC(=O)NC3=O)[C@H]2[C@H](C)O1. The molecule has 16 heteroatoms. The van der Waals surface area contributed by atoms with Crippen LogP contribution in [0.15, 0.2) is 10.6 Å². The van der Waals surface area contributed by atoms with Crippen LogP contribution >= 0.6 is 11.8 Å². The van der Waals surface area contributed by atoms with Crippen molar-refractivity contribution in [3.05, 3.63) is 17.4 Å². The number of rotatable bonds is 3. The minimum Gasteiger partial charge on any atom is -0.372 e. The van der Waals surface area contributed by atoms with Gasteiger partial charge in [-0.2, -0.15) is 0 Å². The van der Waals surface area contributed by atoms with Gasteiger partial charge in [0, 0.05) is 31.0 Å². The molecule has 5 heterocycles. The Hall–Kier alpha value is -2.95. The number of halogens is 1. The lowest BCUT2D eigenvalue weighted by atomic mass is 9.66. The molecule has 13 nitrogen and oxygen atoms in total. The van der Waals surface area contributed by atoms with Crippen molar-refractivity contribution in [3.63, 3.8) is 0 Å². The first-order valence-electron chi connectivity index (χ1n) is 12.3. The number of barbiturate groups is 1. The summed E-state index contributed by atoms with van der Waals surface area (Å²) >= 11 is 1.04. The fourth-order valence-corrected chi connectivity index (χ4v) is 9.12. The van der Waals surface area contributed by atoms with E-state index < -0.39 is 61.9 Å². The molecule has 0 radical (unpaired) electrons. The lowest BCUT2D eigenvalue weighted by Gasteiger charge is -2.55. The summed E-state index contributed by atoms with van der Waals surface area (Å²) in [6.07, 6.45) is -0.158. The van der Waals surface area contributed by atoms with Crippen LogP contribution in [-0.2, 0) is 30.6 Å². The molecule has 5 atom stereocenters. The molecule has 0 aliphatic carbocycles. The van der Waals surface area contributed by atoms with E-state index in [1.807, 2.05) is 0 Å². The van der Waals surface area contributed by atoms with Crippen molar-refractivity contribution in [2.24, 2.45) is 5.41 Å². The zero-order valence-electron chi connectivity index (χ0n) is 21.1. The van der Waals surface area contributed by atoms with Crippen molar-refractivity contribution < 1.29 is 41.6 Å². The second kappa shape index (κ2) is 8.78. The molecule has 4 aliphatic heterocycles. The van der Waals surface area contributed by atoms with Gasteiger partial charge in [0.2, 0.25) is 17.4 Å². The minimum absolute atomic E-state index is 0.107. The van der Waals surface area contributed by atoms with Crippen LogP contribution in [0, 0.1) is 11.2 Å². The molecule has 1 aromatic heterocycles. The van der Waals surface area contributed by atoms with Gasteiger partial charge in [-0.25, -0.2) is 17.6 Å². The summed E-state index contributed by atoms with van der Waals surface area (Å²) in [6, 6.07) is -0.282. The van der Waals surface area contributed by atoms with E-state index in [4.69, 9.17) is 9.26 Å². The molecule has 1 spiro atoms. The highest BCUT2D eigenvalue weighted by atomic mass is 32.2. The van der Waals surface area contributed by atoms with Gasteiger partial charge in [0.05, 0.1) is 35.1 Å². The third kappa shape index (κ3) is 3.98. The quantitative estimate of drug-likeness (QED) is 0.417. The number of benzene rings is 1. The van der Waals surface area contributed by atoms with Crippen molar-refractivity contribution in [2.75, 3.05) is 34.9 Å². The molecular weight excluding hydrogens is 557 g/mol. The number of aliphatic hydroxyl groups excluding tert-OH is 1. The molecule has 1 aromatic carbocycles. The topological polar surface area (TPSA) is 171 Å². The molecule has 0 saturated carbocycles. The molecule has 6 rings (SSSR count). The zero-order valence-corrected chi connectivity index (χ0v) is 22.8. The number of urea groups is 1. The Kier molecular flexibility index (Phi) is 5.91. The number of hydrogen-bond donors (Lipinski definition) is 3. The summed E-state index contributed by atoms with van der Waals surface area (Å²) in [5.74, 6) is -2.41. The maximum atomic E-state index is 16.2. The number of nitrogens with one attached hydrogen (secondary N) is 2. The number of aliphatic hydroxyl groups is 1. The largest absolute Gasteiger partial charge is 0.372 e. The maximum Gasteiger partial charge on any atom is 0.328 e. The van der Waals surface area contributed by atoms with Gasteiger partial charge in [0.25, 0.3) is 0 Å². The van der Waals surface area contributed by atoms with Gasteiger partial charge >= 0.3 is 6.03 Å². The number of hydrogen-bond acceptors (Lipinski definition) is 12. The summed E-state index contributed by atoms with van der Waals surface area (Å²) < 4.78 is 51.2. The Morgan fingerprint density at radius 3 is 2.56 bits per heavy atom. The average molecular weight is 584 g/mol. The molecule has 2 aromatic rings. The number of morpholine rings is 1. The summed E-state index contributed by atoms with van der Waals surface area (Å²) in [5.41, 5.74) is -2.66. The molecule has 1 unspecified atom stereocenters.